The molecule has 3 nitrogen and oxygen atoms in total. The third kappa shape index (κ3) is 3.65. The Kier molecular flexibility index (Phi) is 5.95. The molecule has 32 heavy (non-hydrogen) atoms. The van der Waals surface area contributed by atoms with E-state index in [-0.39, 0.29) is 30.1 Å². The van der Waals surface area contributed by atoms with Gasteiger partial charge in [0.05, 0.1) is 11.6 Å². The highest BCUT2D eigenvalue weighted by molar-refractivity contribution is 5.94. The van der Waals surface area contributed by atoms with Crippen molar-refractivity contribution in [1.82, 2.24) is 9.55 Å². The van der Waals surface area contributed by atoms with E-state index in [4.69, 9.17) is 4.98 Å². The number of nitrogens with zero attached hydrogens (tertiary/aromatic N) is 3. The molecule has 2 aromatic heterocycles. The molecule has 0 spiro atoms. The van der Waals surface area contributed by atoms with Gasteiger partial charge >= 0.3 is 0 Å². The molecule has 0 N–H and O–H groups in total. The van der Waals surface area contributed by atoms with Crippen molar-refractivity contribution in [2.75, 3.05) is 11.4 Å². The van der Waals surface area contributed by atoms with Crippen LogP contribution >= 0.6 is 12.4 Å². The zero-order valence-corrected chi connectivity index (χ0v) is 19.2. The maximum absolute atomic E-state index is 13.8. The monoisotopic (exact) mass is 453 g/mol. The Morgan fingerprint density at radius 3 is 2.59 bits per heavy atom. The lowest BCUT2D eigenvalue weighted by Gasteiger charge is -2.36. The summed E-state index contributed by atoms with van der Waals surface area (Å²) < 4.78 is 29.8. The van der Waals surface area contributed by atoms with Crippen molar-refractivity contribution in [3.63, 3.8) is 0 Å². The Hall–Kier alpha value is -2.92. The second-order valence-electron chi connectivity index (χ2n) is 8.42. The SMILES string of the molecule is Cc1c(C)n(Cc2cccc(F)c2)c2c(N3CCc4cc(F)ccc4C3C)nccc12.Cl. The van der Waals surface area contributed by atoms with Crippen molar-refractivity contribution in [2.45, 2.75) is 39.8 Å². The number of aryl methyl sites for hydroxylation is 1. The minimum atomic E-state index is -0.227. The number of hydrogen-bond acceptors (Lipinski definition) is 2. The summed E-state index contributed by atoms with van der Waals surface area (Å²) in [5.41, 5.74) is 6.56. The molecule has 0 aliphatic carbocycles. The minimum absolute atomic E-state index is 0. The summed E-state index contributed by atoms with van der Waals surface area (Å²) in [5, 5.41) is 1.16. The third-order valence-electron chi connectivity index (χ3n) is 6.67. The van der Waals surface area contributed by atoms with Gasteiger partial charge in [-0.25, -0.2) is 13.8 Å². The predicted octanol–water partition coefficient (Wildman–Crippen LogP) is 6.53. The molecule has 0 bridgehead atoms. The van der Waals surface area contributed by atoms with Gasteiger partial charge in [0.2, 0.25) is 0 Å². The van der Waals surface area contributed by atoms with Gasteiger partial charge in [-0.15, -0.1) is 12.4 Å². The third-order valence-corrected chi connectivity index (χ3v) is 6.67. The van der Waals surface area contributed by atoms with Gasteiger partial charge in [0, 0.05) is 30.4 Å². The van der Waals surface area contributed by atoms with Crippen LogP contribution in [0.5, 0.6) is 0 Å². The fourth-order valence-corrected chi connectivity index (χ4v) is 4.89. The minimum Gasteiger partial charge on any atom is -0.348 e. The van der Waals surface area contributed by atoms with Gasteiger partial charge in [-0.2, -0.15) is 0 Å². The van der Waals surface area contributed by atoms with Gasteiger partial charge in [0.15, 0.2) is 5.82 Å². The van der Waals surface area contributed by atoms with Gasteiger partial charge in [0.25, 0.3) is 0 Å². The Morgan fingerprint density at radius 1 is 1.03 bits per heavy atom. The smallest absolute Gasteiger partial charge is 0.153 e. The Labute approximate surface area is 193 Å². The molecule has 166 valence electrons. The summed E-state index contributed by atoms with van der Waals surface area (Å²) in [7, 11) is 0. The first kappa shape index (κ1) is 22.3. The number of hydrogen-bond donors (Lipinski definition) is 0. The summed E-state index contributed by atoms with van der Waals surface area (Å²) in [6.45, 7) is 7.73. The molecule has 0 saturated heterocycles. The molecule has 0 saturated carbocycles. The molecule has 0 amide bonds. The number of fused-ring (bicyclic) bond motifs is 2. The molecule has 2 aromatic carbocycles. The van der Waals surface area contributed by atoms with Gasteiger partial charge in [-0.05, 0) is 79.8 Å². The highest BCUT2D eigenvalue weighted by atomic mass is 35.5. The van der Waals surface area contributed by atoms with E-state index in [0.29, 0.717) is 6.54 Å². The first-order valence-corrected chi connectivity index (χ1v) is 10.7. The lowest BCUT2D eigenvalue weighted by molar-refractivity contribution is 0.594. The van der Waals surface area contributed by atoms with E-state index in [2.05, 4.69) is 36.3 Å². The van der Waals surface area contributed by atoms with E-state index >= 15 is 0 Å². The number of aromatic nitrogens is 2. The van der Waals surface area contributed by atoms with Crippen LogP contribution in [0.4, 0.5) is 14.6 Å². The molecular formula is C26H26ClF2N3. The molecule has 0 radical (unpaired) electrons. The quantitative estimate of drug-likeness (QED) is 0.352. The van der Waals surface area contributed by atoms with Crippen molar-refractivity contribution < 1.29 is 8.78 Å². The highest BCUT2D eigenvalue weighted by Gasteiger charge is 2.28. The van der Waals surface area contributed by atoms with E-state index < -0.39 is 0 Å². The van der Waals surface area contributed by atoms with E-state index in [1.807, 2.05) is 18.3 Å². The van der Waals surface area contributed by atoms with E-state index in [0.717, 1.165) is 52.1 Å². The maximum atomic E-state index is 13.8. The van der Waals surface area contributed by atoms with Crippen molar-refractivity contribution in [2.24, 2.45) is 0 Å². The van der Waals surface area contributed by atoms with Gasteiger partial charge in [-0.3, -0.25) is 0 Å². The van der Waals surface area contributed by atoms with Crippen molar-refractivity contribution in [3.05, 3.63) is 94.3 Å². The van der Waals surface area contributed by atoms with Crippen LogP contribution in [0, 0.1) is 25.5 Å². The van der Waals surface area contributed by atoms with Crippen LogP contribution in [-0.4, -0.2) is 16.1 Å². The highest BCUT2D eigenvalue weighted by Crippen LogP contribution is 2.38. The second kappa shape index (κ2) is 8.55. The van der Waals surface area contributed by atoms with E-state index in [1.165, 1.54) is 17.7 Å². The lowest BCUT2D eigenvalue weighted by Crippen LogP contribution is -2.35. The van der Waals surface area contributed by atoms with Crippen molar-refractivity contribution >= 4 is 29.1 Å². The molecule has 1 atom stereocenters. The summed E-state index contributed by atoms with van der Waals surface area (Å²) in [6.07, 6.45) is 2.64. The van der Waals surface area contributed by atoms with E-state index in [9.17, 15) is 8.78 Å². The summed E-state index contributed by atoms with van der Waals surface area (Å²) in [5.74, 6) is 0.512. The molecule has 1 unspecified atom stereocenters. The average molecular weight is 454 g/mol. The van der Waals surface area contributed by atoms with Crippen LogP contribution in [0.25, 0.3) is 10.9 Å². The van der Waals surface area contributed by atoms with Gasteiger partial charge in [-0.1, -0.05) is 18.2 Å². The maximum Gasteiger partial charge on any atom is 0.153 e. The number of halogens is 3. The molecule has 4 aromatic rings. The van der Waals surface area contributed by atoms with Crippen LogP contribution in [0.3, 0.4) is 0 Å². The second-order valence-corrected chi connectivity index (χ2v) is 8.42. The van der Waals surface area contributed by atoms with Gasteiger partial charge in [0.1, 0.15) is 11.6 Å². The molecular weight excluding hydrogens is 428 g/mol. The van der Waals surface area contributed by atoms with Crippen molar-refractivity contribution in [1.29, 1.82) is 0 Å². The fourth-order valence-electron chi connectivity index (χ4n) is 4.89. The van der Waals surface area contributed by atoms with E-state index in [1.54, 1.807) is 18.2 Å². The number of pyridine rings is 1. The zero-order chi connectivity index (χ0) is 21.7. The molecule has 5 rings (SSSR count). The zero-order valence-electron chi connectivity index (χ0n) is 18.4. The number of rotatable bonds is 3. The Morgan fingerprint density at radius 2 is 1.81 bits per heavy atom. The molecule has 1 aliphatic rings. The standard InChI is InChI=1S/C26H25F2N3.ClH/c1-16-17(2)31(15-19-5-4-6-21(27)13-19)25-23(16)9-11-29-26(25)30-12-10-20-14-22(28)7-8-24(20)18(30)3;/h4-9,11,13-14,18H,10,12,15H2,1-3H3;1H. The Balaban J connectivity index is 0.00000245. The lowest BCUT2D eigenvalue weighted by atomic mass is 9.93. The average Bonchev–Trinajstić information content (AvgIpc) is 2.99. The normalized spacial score (nSPS) is 15.5. The van der Waals surface area contributed by atoms with Crippen LogP contribution in [0.15, 0.2) is 54.7 Å². The van der Waals surface area contributed by atoms with Crippen LogP contribution in [0.1, 0.15) is 40.9 Å². The Bertz CT molecular complexity index is 1300. The fraction of sp³-hybridized carbons (Fsp3) is 0.269. The van der Waals surface area contributed by atoms with Crippen LogP contribution in [-0.2, 0) is 13.0 Å². The van der Waals surface area contributed by atoms with Crippen LogP contribution < -0.4 is 4.90 Å². The van der Waals surface area contributed by atoms with Crippen molar-refractivity contribution in [3.8, 4) is 0 Å². The topological polar surface area (TPSA) is 21.1 Å². The summed E-state index contributed by atoms with van der Waals surface area (Å²) in [6, 6.07) is 14.0. The van der Waals surface area contributed by atoms with Crippen LogP contribution in [0.2, 0.25) is 0 Å². The molecule has 1 aliphatic heterocycles. The van der Waals surface area contributed by atoms with Gasteiger partial charge < -0.3 is 9.47 Å². The first-order chi connectivity index (χ1) is 14.9. The molecule has 3 heterocycles. The predicted molar refractivity (Wildman–Crippen MR) is 128 cm³/mol. The first-order valence-electron chi connectivity index (χ1n) is 10.7. The number of anilines is 1. The largest absolute Gasteiger partial charge is 0.348 e. The summed E-state index contributed by atoms with van der Waals surface area (Å²) >= 11 is 0. The molecule has 6 heteroatoms. The summed E-state index contributed by atoms with van der Waals surface area (Å²) in [4.78, 5) is 7.11. The molecule has 0 fully saturated rings. The number of benzene rings is 2.